The highest BCUT2D eigenvalue weighted by Gasteiger charge is 1.90. The van der Waals surface area contributed by atoms with E-state index in [0.717, 1.165) is 6.08 Å². The van der Waals surface area contributed by atoms with E-state index in [0.29, 0.717) is 0 Å². The Morgan fingerprint density at radius 2 is 1.69 bits per heavy atom. The van der Waals surface area contributed by atoms with Gasteiger partial charge in [-0.1, -0.05) is 25.8 Å². The summed E-state index contributed by atoms with van der Waals surface area (Å²) in [5.41, 5.74) is 0.176. The highest BCUT2D eigenvalue weighted by Crippen LogP contribution is 1.81. The zero-order chi connectivity index (χ0) is 13.6. The smallest absolute Gasteiger partial charge is 0.330 e. The van der Waals surface area contributed by atoms with E-state index < -0.39 is 11.9 Å². The minimum atomic E-state index is -0.935. The second kappa shape index (κ2) is 15.4. The van der Waals surface area contributed by atoms with Crippen molar-refractivity contribution in [3.63, 3.8) is 0 Å². The number of carbonyl (C=O) groups excluding carboxylic acids is 1. The highest BCUT2D eigenvalue weighted by molar-refractivity contribution is 5.84. The molecule has 0 aliphatic heterocycles. The lowest BCUT2D eigenvalue weighted by Gasteiger charge is -1.92. The summed E-state index contributed by atoms with van der Waals surface area (Å²) in [4.78, 5) is 19.8. The number of ether oxygens (including phenoxy) is 1. The van der Waals surface area contributed by atoms with Crippen LogP contribution < -0.4 is 0 Å². The van der Waals surface area contributed by atoms with Gasteiger partial charge in [-0.3, -0.25) is 0 Å². The van der Waals surface area contributed by atoms with Crippen molar-refractivity contribution in [2.75, 3.05) is 6.61 Å². The topological polar surface area (TPSA) is 63.6 Å². The summed E-state index contributed by atoms with van der Waals surface area (Å²) in [6, 6.07) is 0. The van der Waals surface area contributed by atoms with E-state index in [2.05, 4.69) is 37.6 Å². The fraction of sp³-hybridized carbons (Fsp3) is 0.167. The summed E-state index contributed by atoms with van der Waals surface area (Å²) in [6.07, 6.45) is 2.62. The molecule has 0 saturated heterocycles. The average molecular weight is 226 g/mol. The van der Waals surface area contributed by atoms with Crippen LogP contribution in [0.15, 0.2) is 50.6 Å². The first-order valence-corrected chi connectivity index (χ1v) is 4.24. The van der Waals surface area contributed by atoms with Crippen LogP contribution >= 0.6 is 0 Å². The molecule has 0 amide bonds. The molecule has 0 saturated carbocycles. The van der Waals surface area contributed by atoms with Crippen molar-refractivity contribution in [2.24, 2.45) is 0 Å². The molecule has 0 aliphatic rings. The van der Waals surface area contributed by atoms with Crippen LogP contribution in [-0.2, 0) is 14.3 Å². The largest absolute Gasteiger partial charge is 0.478 e. The molecule has 1 N–H and O–H groups in total. The maximum atomic E-state index is 10.2. The van der Waals surface area contributed by atoms with E-state index in [1.165, 1.54) is 13.0 Å². The van der Waals surface area contributed by atoms with Crippen molar-refractivity contribution in [3.05, 3.63) is 50.6 Å². The van der Waals surface area contributed by atoms with Crippen molar-refractivity contribution < 1.29 is 19.4 Å². The molecule has 0 unspecified atom stereocenters. The van der Waals surface area contributed by atoms with E-state index >= 15 is 0 Å². The van der Waals surface area contributed by atoms with Crippen LogP contribution in [0.4, 0.5) is 0 Å². The number of aliphatic carboxylic acids is 1. The van der Waals surface area contributed by atoms with Crippen LogP contribution in [0.3, 0.4) is 0 Å². The normalized spacial score (nSPS) is 6.81. The second-order valence-electron chi connectivity index (χ2n) is 2.21. The van der Waals surface area contributed by atoms with Crippen molar-refractivity contribution >= 4 is 11.9 Å². The number of hydrogen-bond donors (Lipinski definition) is 1. The van der Waals surface area contributed by atoms with Crippen LogP contribution in [0.1, 0.15) is 6.92 Å². The van der Waals surface area contributed by atoms with Crippen molar-refractivity contribution in [2.45, 2.75) is 6.92 Å². The number of esters is 1. The van der Waals surface area contributed by atoms with E-state index in [4.69, 9.17) is 5.11 Å². The lowest BCUT2D eigenvalue weighted by Crippen LogP contribution is -1.98. The van der Waals surface area contributed by atoms with Crippen LogP contribution in [-0.4, -0.2) is 23.7 Å². The van der Waals surface area contributed by atoms with Gasteiger partial charge in [-0.15, -0.1) is 13.2 Å². The van der Waals surface area contributed by atoms with Gasteiger partial charge >= 0.3 is 11.9 Å². The Morgan fingerprint density at radius 3 is 1.88 bits per heavy atom. The number of carboxylic acid groups (broad SMARTS) is 1. The number of carboxylic acids is 1. The molecule has 0 rings (SSSR count). The van der Waals surface area contributed by atoms with Gasteiger partial charge in [0.2, 0.25) is 0 Å². The molecule has 16 heavy (non-hydrogen) atoms. The highest BCUT2D eigenvalue weighted by atomic mass is 16.5. The first kappa shape index (κ1) is 19.5. The van der Waals surface area contributed by atoms with Gasteiger partial charge in [0.05, 0.1) is 0 Å². The predicted octanol–water partition coefficient (Wildman–Crippen LogP) is 2.35. The molecule has 4 nitrogen and oxygen atoms in total. The van der Waals surface area contributed by atoms with E-state index in [-0.39, 0.29) is 12.2 Å². The lowest BCUT2D eigenvalue weighted by atomic mass is 10.4. The molecule has 0 radical (unpaired) electrons. The Morgan fingerprint density at radius 1 is 1.31 bits per heavy atom. The Bertz CT molecular complexity index is 242. The Balaban J connectivity index is -0.000000188. The average Bonchev–Trinajstić information content (AvgIpc) is 2.29. The van der Waals surface area contributed by atoms with Crippen LogP contribution in [0, 0.1) is 0 Å². The molecule has 0 aromatic carbocycles. The monoisotopic (exact) mass is 226 g/mol. The third kappa shape index (κ3) is 22.7. The molecular formula is C12H18O4. The van der Waals surface area contributed by atoms with E-state index in [9.17, 15) is 9.59 Å². The van der Waals surface area contributed by atoms with Gasteiger partial charge in [0.25, 0.3) is 0 Å². The molecule has 90 valence electrons. The zero-order valence-electron chi connectivity index (χ0n) is 9.57. The standard InChI is InChI=1S/C6H8O2.C4H6O2.C2H4/c1-3-5-8-6(7)4-2;1-3(2)4(5)6;1-2/h3-4H,1-2,5H2;1H2,2H3,(H,5,6);1-2H2. The van der Waals surface area contributed by atoms with E-state index in [1.54, 1.807) is 0 Å². The first-order chi connectivity index (χ1) is 7.45. The van der Waals surface area contributed by atoms with Gasteiger partial charge in [0.1, 0.15) is 6.61 Å². The summed E-state index contributed by atoms with van der Waals surface area (Å²) in [6.45, 7) is 17.4. The first-order valence-electron chi connectivity index (χ1n) is 4.24. The minimum Gasteiger partial charge on any atom is -0.478 e. The Kier molecular flexibility index (Phi) is 18.7. The molecule has 0 spiro atoms. The van der Waals surface area contributed by atoms with Crippen molar-refractivity contribution in [3.8, 4) is 0 Å². The minimum absolute atomic E-state index is 0.176. The predicted molar refractivity (Wildman–Crippen MR) is 65.1 cm³/mol. The molecule has 0 aromatic rings. The van der Waals surface area contributed by atoms with Crippen LogP contribution in [0.25, 0.3) is 0 Å². The van der Waals surface area contributed by atoms with Crippen LogP contribution in [0.5, 0.6) is 0 Å². The summed E-state index contributed by atoms with van der Waals surface area (Å²) >= 11 is 0. The Hall–Kier alpha value is -2.10. The fourth-order valence-corrected chi connectivity index (χ4v) is 0.200. The van der Waals surface area contributed by atoms with Gasteiger partial charge in [-0.25, -0.2) is 9.59 Å². The maximum Gasteiger partial charge on any atom is 0.330 e. The SMILES string of the molecule is C=C.C=C(C)C(=O)O.C=CCOC(=O)C=C. The van der Waals surface area contributed by atoms with Crippen molar-refractivity contribution in [1.82, 2.24) is 0 Å². The summed E-state index contributed by atoms with van der Waals surface area (Å²) in [5.74, 6) is -1.35. The number of carbonyl (C=O) groups is 2. The quantitative estimate of drug-likeness (QED) is 0.454. The van der Waals surface area contributed by atoms with E-state index in [1.807, 2.05) is 0 Å². The molecule has 0 heterocycles. The summed E-state index contributed by atoms with van der Waals surface area (Å²) in [7, 11) is 0. The van der Waals surface area contributed by atoms with Crippen LogP contribution in [0.2, 0.25) is 0 Å². The maximum absolute atomic E-state index is 10.2. The zero-order valence-corrected chi connectivity index (χ0v) is 9.57. The molecule has 0 fully saturated rings. The van der Waals surface area contributed by atoms with Gasteiger partial charge in [-0.2, -0.15) is 0 Å². The fourth-order valence-electron chi connectivity index (χ4n) is 0.200. The van der Waals surface area contributed by atoms with Gasteiger partial charge in [-0.05, 0) is 6.92 Å². The summed E-state index contributed by atoms with van der Waals surface area (Å²) in [5, 5.41) is 7.89. The second-order valence-corrected chi connectivity index (χ2v) is 2.21. The molecule has 4 heteroatoms. The molecular weight excluding hydrogens is 208 g/mol. The third-order valence-corrected chi connectivity index (χ3v) is 0.875. The number of hydrogen-bond acceptors (Lipinski definition) is 3. The van der Waals surface area contributed by atoms with Gasteiger partial charge < -0.3 is 9.84 Å². The summed E-state index contributed by atoms with van der Waals surface area (Å²) < 4.78 is 4.47. The molecule has 0 bridgehead atoms. The third-order valence-electron chi connectivity index (χ3n) is 0.875. The van der Waals surface area contributed by atoms with Gasteiger partial charge in [0.15, 0.2) is 0 Å². The van der Waals surface area contributed by atoms with Crippen molar-refractivity contribution in [1.29, 1.82) is 0 Å². The Labute approximate surface area is 96.2 Å². The molecule has 0 aromatic heterocycles. The lowest BCUT2D eigenvalue weighted by molar-refractivity contribution is -0.136. The molecule has 0 aliphatic carbocycles. The number of rotatable bonds is 4. The van der Waals surface area contributed by atoms with Gasteiger partial charge in [0, 0.05) is 11.6 Å². The molecule has 0 atom stereocenters.